The van der Waals surface area contributed by atoms with Crippen LogP contribution in [0, 0.1) is 5.92 Å². The molecule has 1 aliphatic heterocycles. The molecule has 2 aliphatic carbocycles. The molecule has 2 aromatic rings. The van der Waals surface area contributed by atoms with Crippen LogP contribution in [0.4, 0.5) is 0 Å². The molecule has 34 heavy (non-hydrogen) atoms. The van der Waals surface area contributed by atoms with Crippen molar-refractivity contribution in [1.29, 1.82) is 0 Å². The molecule has 2 aromatic carbocycles. The fraction of sp³-hybridized carbons (Fsp3) is 0.464. The molecule has 0 bridgehead atoms. The summed E-state index contributed by atoms with van der Waals surface area (Å²) >= 11 is 0. The van der Waals surface area contributed by atoms with E-state index in [4.69, 9.17) is 0 Å². The smallest absolute Gasteiger partial charge is 0.244 e. The maximum absolute atomic E-state index is 12.7. The number of β-amino-alcohol motifs (C(OH)–C–C–N with tert-alkyl or cyclic N) is 1. The third-order valence-corrected chi connectivity index (χ3v) is 7.99. The van der Waals surface area contributed by atoms with Crippen molar-refractivity contribution in [3.05, 3.63) is 65.7 Å². The van der Waals surface area contributed by atoms with Gasteiger partial charge in [0.2, 0.25) is 5.91 Å². The minimum absolute atomic E-state index is 0.0704. The van der Waals surface area contributed by atoms with Crippen molar-refractivity contribution in [3.8, 4) is 11.5 Å². The van der Waals surface area contributed by atoms with Gasteiger partial charge >= 0.3 is 0 Å². The molecule has 6 heteroatoms. The largest absolute Gasteiger partial charge is 0.508 e. The summed E-state index contributed by atoms with van der Waals surface area (Å²) in [5, 5.41) is 35.0. The molecule has 1 saturated heterocycles. The third-order valence-electron chi connectivity index (χ3n) is 7.99. The Balaban J connectivity index is 1.35. The van der Waals surface area contributed by atoms with Crippen LogP contribution in [-0.2, 0) is 10.2 Å². The molecule has 4 N–H and O–H groups in total. The highest BCUT2D eigenvalue weighted by molar-refractivity contribution is 5.92. The van der Waals surface area contributed by atoms with E-state index in [-0.39, 0.29) is 23.4 Å². The first-order valence-corrected chi connectivity index (χ1v) is 12.4. The predicted molar refractivity (Wildman–Crippen MR) is 131 cm³/mol. The maximum atomic E-state index is 12.7. The number of hydrogen-bond acceptors (Lipinski definition) is 5. The van der Waals surface area contributed by atoms with E-state index in [9.17, 15) is 20.1 Å². The second-order valence-electron chi connectivity index (χ2n) is 10.5. The molecule has 180 valence electrons. The Hall–Kier alpha value is -2.83. The van der Waals surface area contributed by atoms with Crippen LogP contribution in [0.3, 0.4) is 0 Å². The van der Waals surface area contributed by atoms with Crippen LogP contribution in [0.5, 0.6) is 11.5 Å². The summed E-state index contributed by atoms with van der Waals surface area (Å²) in [7, 11) is 0. The molecule has 3 fully saturated rings. The van der Waals surface area contributed by atoms with Crippen molar-refractivity contribution in [2.75, 3.05) is 19.6 Å². The molecule has 0 spiro atoms. The van der Waals surface area contributed by atoms with E-state index < -0.39 is 11.0 Å². The number of fused-ring (bicyclic) bond motifs is 1. The number of phenolic OH excluding ortho intramolecular Hbond substituents is 2. The van der Waals surface area contributed by atoms with Crippen molar-refractivity contribution in [2.45, 2.75) is 55.6 Å². The molecular weight excluding hydrogens is 428 g/mol. The number of nitrogens with one attached hydrogen (secondary N) is 1. The first-order chi connectivity index (χ1) is 16.3. The fourth-order valence-corrected chi connectivity index (χ4v) is 6.06. The highest BCUT2D eigenvalue weighted by Crippen LogP contribution is 2.52. The number of benzene rings is 2. The highest BCUT2D eigenvalue weighted by atomic mass is 16.3. The number of phenols is 2. The lowest BCUT2D eigenvalue weighted by molar-refractivity contribution is -0.132. The van der Waals surface area contributed by atoms with Gasteiger partial charge in [-0.3, -0.25) is 4.79 Å². The van der Waals surface area contributed by atoms with Crippen molar-refractivity contribution in [1.82, 2.24) is 10.2 Å². The van der Waals surface area contributed by atoms with Gasteiger partial charge in [-0.15, -0.1) is 0 Å². The van der Waals surface area contributed by atoms with Crippen molar-refractivity contribution in [3.63, 3.8) is 0 Å². The number of rotatable bonds is 6. The normalized spacial score (nSPS) is 29.6. The van der Waals surface area contributed by atoms with Gasteiger partial charge in [0.05, 0.1) is 5.60 Å². The summed E-state index contributed by atoms with van der Waals surface area (Å²) in [4.78, 5) is 15.1. The highest BCUT2D eigenvalue weighted by Gasteiger charge is 2.57. The van der Waals surface area contributed by atoms with E-state index in [1.165, 1.54) is 18.9 Å². The summed E-state index contributed by atoms with van der Waals surface area (Å²) in [5.74, 6) is 0.951. The summed E-state index contributed by atoms with van der Waals surface area (Å²) in [6, 6.07) is 14.0. The summed E-state index contributed by atoms with van der Waals surface area (Å²) in [6.45, 7) is 2.60. The van der Waals surface area contributed by atoms with Crippen LogP contribution >= 0.6 is 0 Å². The number of likely N-dealkylation sites (tertiary alicyclic amines) is 1. The quantitative estimate of drug-likeness (QED) is 0.493. The minimum Gasteiger partial charge on any atom is -0.508 e. The second kappa shape index (κ2) is 9.08. The number of aliphatic hydroxyl groups is 1. The zero-order valence-corrected chi connectivity index (χ0v) is 19.5. The summed E-state index contributed by atoms with van der Waals surface area (Å²) in [5.41, 5.74) is 0.298. The number of carbonyl (C=O) groups excluding carboxylic acids is 1. The number of hydrogen-bond donors (Lipinski definition) is 4. The van der Waals surface area contributed by atoms with Gasteiger partial charge in [0.1, 0.15) is 11.5 Å². The number of aromatic hydroxyl groups is 2. The number of piperidine rings is 1. The molecule has 2 saturated carbocycles. The molecule has 1 heterocycles. The Morgan fingerprint density at radius 2 is 1.82 bits per heavy atom. The summed E-state index contributed by atoms with van der Waals surface area (Å²) < 4.78 is 0. The van der Waals surface area contributed by atoms with Crippen LogP contribution in [-0.4, -0.2) is 57.4 Å². The van der Waals surface area contributed by atoms with Gasteiger partial charge in [-0.05, 0) is 92.5 Å². The molecule has 0 radical (unpaired) electrons. The fourth-order valence-electron chi connectivity index (χ4n) is 6.06. The van der Waals surface area contributed by atoms with E-state index in [0.717, 1.165) is 36.6 Å². The minimum atomic E-state index is -0.896. The number of amides is 1. The van der Waals surface area contributed by atoms with Crippen LogP contribution < -0.4 is 5.32 Å². The van der Waals surface area contributed by atoms with Gasteiger partial charge < -0.3 is 25.5 Å². The SMILES string of the molecule is O=C(C=Cc1cccc(O)c1)N[C@H]1CC[C@]2(O)CN(CC3CC3)CC[C@@]2(c2cccc(O)c2)C1. The molecule has 0 unspecified atom stereocenters. The van der Waals surface area contributed by atoms with E-state index >= 15 is 0 Å². The van der Waals surface area contributed by atoms with E-state index in [1.54, 1.807) is 36.4 Å². The monoisotopic (exact) mass is 462 g/mol. The molecule has 6 nitrogen and oxygen atoms in total. The van der Waals surface area contributed by atoms with Crippen LogP contribution in [0.2, 0.25) is 0 Å². The maximum Gasteiger partial charge on any atom is 0.244 e. The van der Waals surface area contributed by atoms with Gasteiger partial charge in [0, 0.05) is 30.6 Å². The number of carbonyl (C=O) groups is 1. The van der Waals surface area contributed by atoms with Gasteiger partial charge in [0.25, 0.3) is 0 Å². The van der Waals surface area contributed by atoms with Gasteiger partial charge in [-0.25, -0.2) is 0 Å². The van der Waals surface area contributed by atoms with Crippen molar-refractivity contribution < 1.29 is 20.1 Å². The third kappa shape index (κ3) is 4.70. The molecule has 5 rings (SSSR count). The topological polar surface area (TPSA) is 93.0 Å². The van der Waals surface area contributed by atoms with E-state index in [0.29, 0.717) is 25.8 Å². The lowest BCUT2D eigenvalue weighted by Gasteiger charge is -2.58. The van der Waals surface area contributed by atoms with Gasteiger partial charge in [-0.2, -0.15) is 0 Å². The number of nitrogens with zero attached hydrogens (tertiary/aromatic N) is 1. The zero-order chi connectivity index (χ0) is 23.8. The van der Waals surface area contributed by atoms with Gasteiger partial charge in [0.15, 0.2) is 0 Å². The van der Waals surface area contributed by atoms with Crippen molar-refractivity contribution >= 4 is 12.0 Å². The molecule has 1 amide bonds. The molecule has 3 atom stereocenters. The first-order valence-electron chi connectivity index (χ1n) is 12.4. The average Bonchev–Trinajstić information content (AvgIpc) is 3.62. The first kappa shape index (κ1) is 22.9. The second-order valence-corrected chi connectivity index (χ2v) is 10.5. The Bertz CT molecular complexity index is 1080. The van der Waals surface area contributed by atoms with Crippen LogP contribution in [0.15, 0.2) is 54.6 Å². The van der Waals surface area contributed by atoms with E-state index in [2.05, 4.69) is 10.2 Å². The van der Waals surface area contributed by atoms with E-state index in [1.807, 2.05) is 18.2 Å². The Morgan fingerprint density at radius 1 is 1.06 bits per heavy atom. The predicted octanol–water partition coefficient (Wildman–Crippen LogP) is 3.56. The van der Waals surface area contributed by atoms with Crippen LogP contribution in [0.25, 0.3) is 6.08 Å². The standard InChI is InChI=1S/C28H34N2O4/c31-24-5-1-3-20(15-24)9-10-26(33)29-23-11-12-28(34)19-30(18-21-7-8-21)14-13-27(28,17-23)22-4-2-6-25(32)16-22/h1-6,9-10,15-16,21,23,31-32,34H,7-8,11-14,17-19H2,(H,29,33)/t23-,27-,28-/m0/s1. The van der Waals surface area contributed by atoms with Gasteiger partial charge in [-0.1, -0.05) is 24.3 Å². The lowest BCUT2D eigenvalue weighted by Crippen LogP contribution is -2.67. The molecule has 0 aromatic heterocycles. The Labute approximate surface area is 200 Å². The summed E-state index contributed by atoms with van der Waals surface area (Å²) in [6.07, 6.45) is 8.50. The molecular formula is C28H34N2O4. The zero-order valence-electron chi connectivity index (χ0n) is 19.5. The molecule has 3 aliphatic rings. The lowest BCUT2D eigenvalue weighted by atomic mass is 9.55. The average molecular weight is 463 g/mol. The van der Waals surface area contributed by atoms with Crippen molar-refractivity contribution in [2.24, 2.45) is 5.92 Å². The Kier molecular flexibility index (Phi) is 6.13. The van der Waals surface area contributed by atoms with Crippen LogP contribution in [0.1, 0.15) is 49.7 Å². The Morgan fingerprint density at radius 3 is 2.56 bits per heavy atom.